The third-order valence-electron chi connectivity index (χ3n) is 2.99. The number of nitrogen functional groups attached to an aromatic ring is 1. The van der Waals surface area contributed by atoms with Crippen LogP contribution < -0.4 is 10.6 Å². The molecule has 2 rings (SSSR count). The number of nitrogens with zero attached hydrogens (tertiary/aromatic N) is 2. The lowest BCUT2D eigenvalue weighted by Gasteiger charge is -2.20. The first-order valence-corrected chi connectivity index (χ1v) is 6.71. The van der Waals surface area contributed by atoms with Crippen LogP contribution in [0.15, 0.2) is 36.4 Å². The molecule has 20 heavy (non-hydrogen) atoms. The maximum atomic E-state index is 8.87. The van der Waals surface area contributed by atoms with Crippen LogP contribution in [0.25, 0.3) is 0 Å². The number of rotatable bonds is 3. The van der Waals surface area contributed by atoms with Crippen LogP contribution in [0.4, 0.5) is 11.4 Å². The van der Waals surface area contributed by atoms with Gasteiger partial charge < -0.3 is 10.6 Å². The minimum absolute atomic E-state index is 0.440. The van der Waals surface area contributed by atoms with E-state index in [1.54, 1.807) is 24.3 Å². The van der Waals surface area contributed by atoms with Crippen molar-refractivity contribution in [2.24, 2.45) is 0 Å². The maximum absolute atomic E-state index is 8.87. The first kappa shape index (κ1) is 14.5. The van der Waals surface area contributed by atoms with Crippen molar-refractivity contribution in [3.05, 3.63) is 57.6 Å². The molecule has 0 saturated carbocycles. The van der Waals surface area contributed by atoms with Crippen LogP contribution in [-0.4, -0.2) is 7.05 Å². The van der Waals surface area contributed by atoms with E-state index < -0.39 is 0 Å². The summed E-state index contributed by atoms with van der Waals surface area (Å²) in [6.45, 7) is 0.603. The molecule has 5 heteroatoms. The molecule has 0 aliphatic heterocycles. The summed E-state index contributed by atoms with van der Waals surface area (Å²) >= 11 is 12.2. The third kappa shape index (κ3) is 3.16. The Balaban J connectivity index is 2.24. The van der Waals surface area contributed by atoms with E-state index in [0.29, 0.717) is 27.8 Å². The van der Waals surface area contributed by atoms with Crippen molar-refractivity contribution >= 4 is 34.6 Å². The Morgan fingerprint density at radius 1 is 1.15 bits per heavy atom. The number of benzene rings is 2. The Bertz CT molecular complexity index is 677. The quantitative estimate of drug-likeness (QED) is 0.869. The van der Waals surface area contributed by atoms with Gasteiger partial charge in [0.15, 0.2) is 0 Å². The highest BCUT2D eigenvalue weighted by molar-refractivity contribution is 6.32. The molecule has 0 heterocycles. The van der Waals surface area contributed by atoms with Gasteiger partial charge in [0.25, 0.3) is 0 Å². The normalized spacial score (nSPS) is 10.1. The van der Waals surface area contributed by atoms with Gasteiger partial charge in [-0.1, -0.05) is 23.2 Å². The second kappa shape index (κ2) is 6.04. The van der Waals surface area contributed by atoms with E-state index >= 15 is 0 Å². The number of halogens is 2. The summed E-state index contributed by atoms with van der Waals surface area (Å²) in [6, 6.07) is 12.8. The van der Waals surface area contributed by atoms with Gasteiger partial charge in [0.05, 0.1) is 10.6 Å². The highest BCUT2D eigenvalue weighted by atomic mass is 35.5. The van der Waals surface area contributed by atoms with Crippen molar-refractivity contribution in [1.82, 2.24) is 0 Å². The molecule has 3 nitrogen and oxygen atoms in total. The molecule has 0 amide bonds. The summed E-state index contributed by atoms with van der Waals surface area (Å²) in [6.07, 6.45) is 0. The van der Waals surface area contributed by atoms with Gasteiger partial charge in [-0.25, -0.2) is 0 Å². The van der Waals surface area contributed by atoms with Crippen molar-refractivity contribution < 1.29 is 0 Å². The van der Waals surface area contributed by atoms with Crippen LogP contribution in [0, 0.1) is 11.3 Å². The zero-order chi connectivity index (χ0) is 14.7. The first-order valence-electron chi connectivity index (χ1n) is 5.96. The van der Waals surface area contributed by atoms with Crippen LogP contribution in [0.3, 0.4) is 0 Å². The molecular formula is C15H13Cl2N3. The standard InChI is InChI=1S/C15H13Cl2N3/c1-20(9-11-6-12(19)3-5-14(11)16)13-4-2-10(8-18)15(17)7-13/h2-7H,9,19H2,1H3. The van der Waals surface area contributed by atoms with Crippen LogP contribution in [0.5, 0.6) is 0 Å². The number of hydrogen-bond acceptors (Lipinski definition) is 3. The fourth-order valence-electron chi connectivity index (χ4n) is 1.89. The zero-order valence-electron chi connectivity index (χ0n) is 10.9. The molecule has 0 fully saturated rings. The van der Waals surface area contributed by atoms with Crippen molar-refractivity contribution in [2.45, 2.75) is 6.54 Å². The average Bonchev–Trinajstić information content (AvgIpc) is 2.42. The SMILES string of the molecule is CN(Cc1cc(N)ccc1Cl)c1ccc(C#N)c(Cl)c1. The monoisotopic (exact) mass is 305 g/mol. The molecule has 102 valence electrons. The van der Waals surface area contributed by atoms with Crippen LogP contribution in [0.2, 0.25) is 10.0 Å². The molecular weight excluding hydrogens is 293 g/mol. The van der Waals surface area contributed by atoms with Crippen LogP contribution in [0.1, 0.15) is 11.1 Å². The molecule has 0 aliphatic carbocycles. The van der Waals surface area contributed by atoms with Crippen molar-refractivity contribution in [2.75, 3.05) is 17.7 Å². The van der Waals surface area contributed by atoms with E-state index in [4.69, 9.17) is 34.2 Å². The van der Waals surface area contributed by atoms with Crippen molar-refractivity contribution in [1.29, 1.82) is 5.26 Å². The van der Waals surface area contributed by atoms with Gasteiger partial charge in [-0.3, -0.25) is 0 Å². The minimum atomic E-state index is 0.440. The summed E-state index contributed by atoms with van der Waals surface area (Å²) in [5.74, 6) is 0. The molecule has 0 aromatic heterocycles. The third-order valence-corrected chi connectivity index (χ3v) is 3.67. The number of nitriles is 1. The Kier molecular flexibility index (Phi) is 4.39. The molecule has 0 atom stereocenters. The fourth-order valence-corrected chi connectivity index (χ4v) is 2.29. The van der Waals surface area contributed by atoms with Crippen LogP contribution in [-0.2, 0) is 6.54 Å². The molecule has 2 N–H and O–H groups in total. The van der Waals surface area contributed by atoms with Crippen molar-refractivity contribution in [3.8, 4) is 6.07 Å². The summed E-state index contributed by atoms with van der Waals surface area (Å²) in [5, 5.41) is 9.98. The summed E-state index contributed by atoms with van der Waals surface area (Å²) in [4.78, 5) is 1.99. The number of hydrogen-bond donors (Lipinski definition) is 1. The van der Waals surface area contributed by atoms with E-state index in [9.17, 15) is 0 Å². The maximum Gasteiger partial charge on any atom is 0.101 e. The summed E-state index contributed by atoms with van der Waals surface area (Å²) in [5.41, 5.74) is 8.76. The summed E-state index contributed by atoms with van der Waals surface area (Å²) < 4.78 is 0. The van der Waals surface area contributed by atoms with Gasteiger partial charge in [0.2, 0.25) is 0 Å². The number of nitrogens with two attached hydrogens (primary N) is 1. The predicted octanol–water partition coefficient (Wildman–Crippen LogP) is 4.08. The lowest BCUT2D eigenvalue weighted by molar-refractivity contribution is 0.924. The van der Waals surface area contributed by atoms with Gasteiger partial charge >= 0.3 is 0 Å². The fraction of sp³-hybridized carbons (Fsp3) is 0.133. The Hall–Kier alpha value is -1.89. The highest BCUT2D eigenvalue weighted by Crippen LogP contribution is 2.26. The largest absolute Gasteiger partial charge is 0.399 e. The van der Waals surface area contributed by atoms with Crippen LogP contribution >= 0.6 is 23.2 Å². The Morgan fingerprint density at radius 2 is 1.90 bits per heavy atom. The topological polar surface area (TPSA) is 53.0 Å². The smallest absolute Gasteiger partial charge is 0.101 e. The van der Waals surface area contributed by atoms with E-state index in [0.717, 1.165) is 11.3 Å². The van der Waals surface area contributed by atoms with Gasteiger partial charge in [-0.05, 0) is 42.0 Å². The highest BCUT2D eigenvalue weighted by Gasteiger charge is 2.08. The predicted molar refractivity (Wildman–Crippen MR) is 84.1 cm³/mol. The summed E-state index contributed by atoms with van der Waals surface area (Å²) in [7, 11) is 1.93. The van der Waals surface area contributed by atoms with E-state index in [1.807, 2.05) is 30.1 Å². The molecule has 2 aromatic carbocycles. The average molecular weight is 306 g/mol. The molecule has 0 radical (unpaired) electrons. The second-order valence-electron chi connectivity index (χ2n) is 4.48. The van der Waals surface area contributed by atoms with E-state index in [1.165, 1.54) is 0 Å². The second-order valence-corrected chi connectivity index (χ2v) is 5.30. The van der Waals surface area contributed by atoms with Gasteiger partial charge in [-0.2, -0.15) is 5.26 Å². The molecule has 0 spiro atoms. The zero-order valence-corrected chi connectivity index (χ0v) is 12.4. The molecule has 0 bridgehead atoms. The Labute approximate surface area is 128 Å². The van der Waals surface area contributed by atoms with Gasteiger partial charge in [0, 0.05) is 30.0 Å². The van der Waals surface area contributed by atoms with E-state index in [-0.39, 0.29) is 0 Å². The lowest BCUT2D eigenvalue weighted by Crippen LogP contribution is -2.16. The van der Waals surface area contributed by atoms with Gasteiger partial charge in [-0.15, -0.1) is 0 Å². The molecule has 0 unspecified atom stereocenters. The van der Waals surface area contributed by atoms with E-state index in [2.05, 4.69) is 0 Å². The lowest BCUT2D eigenvalue weighted by atomic mass is 10.1. The molecule has 2 aromatic rings. The van der Waals surface area contributed by atoms with Gasteiger partial charge in [0.1, 0.15) is 6.07 Å². The van der Waals surface area contributed by atoms with Crippen molar-refractivity contribution in [3.63, 3.8) is 0 Å². The molecule has 0 saturated heterocycles. The Morgan fingerprint density at radius 3 is 2.55 bits per heavy atom. The minimum Gasteiger partial charge on any atom is -0.399 e. The number of anilines is 2. The first-order chi connectivity index (χ1) is 9.51. The molecule has 0 aliphatic rings.